The first kappa shape index (κ1) is 9.27. The molecule has 1 unspecified atom stereocenters. The van der Waals surface area contributed by atoms with Gasteiger partial charge in [-0.15, -0.1) is 0 Å². The van der Waals surface area contributed by atoms with Crippen LogP contribution < -0.4 is 0 Å². The summed E-state index contributed by atoms with van der Waals surface area (Å²) in [6, 6.07) is 0.722. The van der Waals surface area contributed by atoms with Gasteiger partial charge >= 0.3 is 0 Å². The summed E-state index contributed by atoms with van der Waals surface area (Å²) in [5, 5.41) is 0. The second-order valence-electron chi connectivity index (χ2n) is 4.01. The molecule has 1 heterocycles. The van der Waals surface area contributed by atoms with Gasteiger partial charge in [-0.1, -0.05) is 22.5 Å². The van der Waals surface area contributed by atoms with Gasteiger partial charge in [0, 0.05) is 22.6 Å². The van der Waals surface area contributed by atoms with E-state index in [0.29, 0.717) is 5.54 Å². The van der Waals surface area contributed by atoms with Crippen LogP contribution in [0.1, 0.15) is 27.2 Å². The summed E-state index contributed by atoms with van der Waals surface area (Å²) in [5.41, 5.74) is 0.385. The van der Waals surface area contributed by atoms with E-state index < -0.39 is 0 Å². The lowest BCUT2D eigenvalue weighted by molar-refractivity contribution is -0.0297. The molecule has 0 saturated carbocycles. The van der Waals surface area contributed by atoms with E-state index in [1.165, 1.54) is 6.42 Å². The molecule has 0 aromatic rings. The molecule has 11 heavy (non-hydrogen) atoms. The molecule has 1 nitrogen and oxygen atoms in total. The maximum atomic E-state index is 3.85. The van der Waals surface area contributed by atoms with E-state index in [0.717, 1.165) is 17.1 Å². The van der Waals surface area contributed by atoms with Gasteiger partial charge in [-0.25, -0.2) is 0 Å². The molecule has 64 valence electrons. The van der Waals surface area contributed by atoms with Crippen molar-refractivity contribution in [2.45, 2.75) is 38.8 Å². The van der Waals surface area contributed by atoms with Gasteiger partial charge in [-0.05, 0) is 27.2 Å². The predicted octanol–water partition coefficient (Wildman–Crippen LogP) is 2.77. The van der Waals surface area contributed by atoms with Gasteiger partial charge in [-0.3, -0.25) is 4.90 Å². The van der Waals surface area contributed by atoms with E-state index in [1.54, 1.807) is 0 Å². The van der Waals surface area contributed by atoms with Crippen molar-refractivity contribution in [2.75, 3.05) is 6.54 Å². The number of rotatable bonds is 2. The molecule has 0 radical (unpaired) electrons. The van der Waals surface area contributed by atoms with E-state index in [-0.39, 0.29) is 0 Å². The van der Waals surface area contributed by atoms with Crippen molar-refractivity contribution in [3.05, 3.63) is 11.1 Å². The van der Waals surface area contributed by atoms with Crippen LogP contribution in [0, 0.1) is 0 Å². The first-order chi connectivity index (χ1) is 4.93. The molecule has 1 fully saturated rings. The van der Waals surface area contributed by atoms with Crippen molar-refractivity contribution in [3.8, 4) is 0 Å². The van der Waals surface area contributed by atoms with Crippen molar-refractivity contribution in [1.82, 2.24) is 4.90 Å². The Morgan fingerprint density at radius 1 is 1.73 bits per heavy atom. The van der Waals surface area contributed by atoms with Gasteiger partial charge < -0.3 is 0 Å². The minimum atomic E-state index is 0.385. The Hall–Kier alpha value is 0.180. The molecule has 0 spiro atoms. The van der Waals surface area contributed by atoms with E-state index in [9.17, 15) is 0 Å². The third kappa shape index (κ3) is 1.85. The third-order valence-electron chi connectivity index (χ3n) is 2.45. The van der Waals surface area contributed by atoms with Crippen LogP contribution >= 0.6 is 15.9 Å². The largest absolute Gasteiger partial charge is 0.291 e. The Kier molecular flexibility index (Phi) is 2.45. The molecule has 0 amide bonds. The molecule has 0 bridgehead atoms. The van der Waals surface area contributed by atoms with Crippen LogP contribution in [0.2, 0.25) is 0 Å². The maximum absolute atomic E-state index is 3.85. The summed E-state index contributed by atoms with van der Waals surface area (Å²) in [6.07, 6.45) is 1.30. The maximum Gasteiger partial charge on any atom is 0.0302 e. The molecule has 1 rings (SSSR count). The zero-order valence-corrected chi connectivity index (χ0v) is 9.11. The summed E-state index contributed by atoms with van der Waals surface area (Å²) in [7, 11) is 0. The normalized spacial score (nSPS) is 29.6. The molecular formula is C9H16BrN. The summed E-state index contributed by atoms with van der Waals surface area (Å²) in [6.45, 7) is 11.7. The molecule has 1 aliphatic heterocycles. The number of hydrogen-bond donors (Lipinski definition) is 0. The average molecular weight is 218 g/mol. The van der Waals surface area contributed by atoms with Crippen LogP contribution in [-0.4, -0.2) is 23.0 Å². The van der Waals surface area contributed by atoms with E-state index in [4.69, 9.17) is 0 Å². The highest BCUT2D eigenvalue weighted by Gasteiger charge is 2.41. The van der Waals surface area contributed by atoms with Gasteiger partial charge in [-0.2, -0.15) is 0 Å². The number of likely N-dealkylation sites (tertiary alicyclic amines) is 1. The zero-order chi connectivity index (χ0) is 8.65. The lowest BCUT2D eigenvalue weighted by Gasteiger charge is -2.54. The van der Waals surface area contributed by atoms with Crippen molar-refractivity contribution >= 4 is 15.9 Å². The lowest BCUT2D eigenvalue weighted by Crippen LogP contribution is -2.61. The monoisotopic (exact) mass is 217 g/mol. The Bertz CT molecular complexity index is 174. The highest BCUT2D eigenvalue weighted by molar-refractivity contribution is 9.11. The lowest BCUT2D eigenvalue weighted by atomic mass is 9.82. The highest BCUT2D eigenvalue weighted by atomic mass is 79.9. The van der Waals surface area contributed by atoms with Crippen molar-refractivity contribution in [2.24, 2.45) is 0 Å². The quantitative estimate of drug-likeness (QED) is 0.688. The predicted molar refractivity (Wildman–Crippen MR) is 52.9 cm³/mol. The summed E-state index contributed by atoms with van der Waals surface area (Å²) >= 11 is 3.39. The van der Waals surface area contributed by atoms with E-state index >= 15 is 0 Å². The van der Waals surface area contributed by atoms with Gasteiger partial charge in [0.15, 0.2) is 0 Å². The summed E-state index contributed by atoms with van der Waals surface area (Å²) in [5.74, 6) is 0. The van der Waals surface area contributed by atoms with Crippen LogP contribution in [0.25, 0.3) is 0 Å². The second-order valence-corrected chi connectivity index (χ2v) is 5.13. The minimum Gasteiger partial charge on any atom is -0.291 e. The Labute approximate surface area is 77.6 Å². The Balaban J connectivity index is 2.50. The fourth-order valence-corrected chi connectivity index (χ4v) is 2.26. The van der Waals surface area contributed by atoms with Gasteiger partial charge in [0.1, 0.15) is 0 Å². The molecule has 1 saturated heterocycles. The van der Waals surface area contributed by atoms with Gasteiger partial charge in [0.25, 0.3) is 0 Å². The third-order valence-corrected chi connectivity index (χ3v) is 2.70. The minimum absolute atomic E-state index is 0.385. The van der Waals surface area contributed by atoms with Crippen LogP contribution in [0.4, 0.5) is 0 Å². The summed E-state index contributed by atoms with van der Waals surface area (Å²) < 4.78 is 1.08. The Morgan fingerprint density at radius 2 is 2.27 bits per heavy atom. The van der Waals surface area contributed by atoms with E-state index in [1.807, 2.05) is 0 Å². The van der Waals surface area contributed by atoms with Crippen LogP contribution in [0.3, 0.4) is 0 Å². The fourth-order valence-electron chi connectivity index (χ4n) is 1.99. The van der Waals surface area contributed by atoms with Crippen LogP contribution in [0.15, 0.2) is 11.1 Å². The summed E-state index contributed by atoms with van der Waals surface area (Å²) in [4.78, 5) is 2.46. The molecule has 0 aliphatic carbocycles. The fraction of sp³-hybridized carbons (Fsp3) is 0.778. The SMILES string of the molecule is C=C(Br)CN1C(C)CC1(C)C. The zero-order valence-electron chi connectivity index (χ0n) is 7.52. The molecule has 1 aliphatic rings. The van der Waals surface area contributed by atoms with Crippen LogP contribution in [0.5, 0.6) is 0 Å². The van der Waals surface area contributed by atoms with Gasteiger partial charge in [0.05, 0.1) is 0 Å². The first-order valence-corrected chi connectivity index (χ1v) is 4.83. The molecule has 2 heteroatoms. The van der Waals surface area contributed by atoms with Crippen LogP contribution in [-0.2, 0) is 0 Å². The number of halogens is 1. The smallest absolute Gasteiger partial charge is 0.0302 e. The number of nitrogens with zero attached hydrogens (tertiary/aromatic N) is 1. The standard InChI is InChI=1S/C9H16BrN/c1-7(10)6-11-8(2)5-9(11,3)4/h8H,1,5-6H2,2-4H3. The highest BCUT2D eigenvalue weighted by Crippen LogP contribution is 2.36. The molecule has 0 aromatic heterocycles. The Morgan fingerprint density at radius 3 is 2.45 bits per heavy atom. The molecular weight excluding hydrogens is 202 g/mol. The molecule has 0 N–H and O–H groups in total. The molecule has 0 aromatic carbocycles. The van der Waals surface area contributed by atoms with Crippen molar-refractivity contribution < 1.29 is 0 Å². The average Bonchev–Trinajstić information content (AvgIpc) is 1.82. The van der Waals surface area contributed by atoms with E-state index in [2.05, 4.69) is 48.2 Å². The second kappa shape index (κ2) is 2.91. The number of hydrogen-bond acceptors (Lipinski definition) is 1. The van der Waals surface area contributed by atoms with Crippen molar-refractivity contribution in [3.63, 3.8) is 0 Å². The topological polar surface area (TPSA) is 3.24 Å². The molecule has 1 atom stereocenters. The van der Waals surface area contributed by atoms with Gasteiger partial charge in [0.2, 0.25) is 0 Å². The first-order valence-electron chi connectivity index (χ1n) is 4.03. The van der Waals surface area contributed by atoms with Crippen molar-refractivity contribution in [1.29, 1.82) is 0 Å².